The average molecular weight is 531 g/mol. The van der Waals surface area contributed by atoms with Gasteiger partial charge >= 0.3 is 0 Å². The summed E-state index contributed by atoms with van der Waals surface area (Å²) in [5.41, 5.74) is 1.25. The number of aliphatic hydroxyl groups excluding tert-OH is 1. The molecule has 2 aromatic rings. The van der Waals surface area contributed by atoms with E-state index in [2.05, 4.69) is 10.0 Å². The van der Waals surface area contributed by atoms with Crippen LogP contribution in [-0.4, -0.2) is 57.5 Å². The highest BCUT2D eigenvalue weighted by atomic mass is 32.2. The van der Waals surface area contributed by atoms with Crippen LogP contribution in [0, 0.1) is 0 Å². The van der Waals surface area contributed by atoms with Crippen molar-refractivity contribution in [2.45, 2.75) is 80.1 Å². The van der Waals surface area contributed by atoms with Crippen molar-refractivity contribution < 1.29 is 32.5 Å². The number of benzene rings is 2. The quantitative estimate of drug-likeness (QED) is 0.478. The average Bonchev–Trinajstić information content (AvgIpc) is 3.26. The van der Waals surface area contributed by atoms with Crippen LogP contribution in [0.4, 0.5) is 5.69 Å². The highest BCUT2D eigenvalue weighted by Crippen LogP contribution is 2.47. The minimum absolute atomic E-state index is 0.0361. The normalized spacial score (nSPS) is 25.5. The first-order valence-corrected chi connectivity index (χ1v) is 14.4. The number of fused-ring (bicyclic) bond motifs is 3. The first-order valence-electron chi connectivity index (χ1n) is 12.9. The lowest BCUT2D eigenvalue weighted by Gasteiger charge is -2.37. The number of rotatable bonds is 8. The molecule has 5 rings (SSSR count). The van der Waals surface area contributed by atoms with Gasteiger partial charge in [-0.05, 0) is 49.6 Å². The van der Waals surface area contributed by atoms with Gasteiger partial charge in [0.15, 0.2) is 0 Å². The Balaban J connectivity index is 1.31. The van der Waals surface area contributed by atoms with E-state index >= 15 is 0 Å². The van der Waals surface area contributed by atoms with Crippen molar-refractivity contribution >= 4 is 21.6 Å². The van der Waals surface area contributed by atoms with Crippen LogP contribution in [0.3, 0.4) is 0 Å². The van der Waals surface area contributed by atoms with E-state index in [1.807, 2.05) is 0 Å². The van der Waals surface area contributed by atoms with Gasteiger partial charge in [-0.15, -0.1) is 0 Å². The fraction of sp³-hybridized carbons (Fsp3) is 0.519. The third kappa shape index (κ3) is 5.71. The maximum Gasteiger partial charge on any atom is 0.262 e. The molecule has 9 nitrogen and oxygen atoms in total. The summed E-state index contributed by atoms with van der Waals surface area (Å²) in [5.74, 6) is 0.915. The number of aliphatic hydroxyl groups is 1. The van der Waals surface area contributed by atoms with Crippen LogP contribution in [-0.2, 0) is 19.6 Å². The Hall–Kier alpha value is -2.82. The van der Waals surface area contributed by atoms with Crippen molar-refractivity contribution in [1.82, 2.24) is 5.32 Å². The van der Waals surface area contributed by atoms with Gasteiger partial charge in [0, 0.05) is 29.3 Å². The molecule has 1 amide bonds. The van der Waals surface area contributed by atoms with Gasteiger partial charge in [0.1, 0.15) is 23.7 Å². The number of hydrogen-bond donors (Lipinski definition) is 3. The Morgan fingerprint density at radius 1 is 1.14 bits per heavy atom. The molecule has 0 unspecified atom stereocenters. The molecule has 3 aliphatic rings. The number of carbonyl (C=O) groups excluding carboxylic acids is 1. The molecular formula is C27H34N2O7S. The maximum absolute atomic E-state index is 13.0. The van der Waals surface area contributed by atoms with Crippen molar-refractivity contribution in [3.05, 3.63) is 48.0 Å². The number of hydrogen-bond acceptors (Lipinski definition) is 7. The second-order valence-electron chi connectivity index (χ2n) is 10.0. The maximum atomic E-state index is 13.0. The number of anilines is 1. The highest BCUT2D eigenvalue weighted by molar-refractivity contribution is 7.92. The van der Waals surface area contributed by atoms with Crippen LogP contribution < -0.4 is 19.5 Å². The largest absolute Gasteiger partial charge is 0.497 e. The van der Waals surface area contributed by atoms with Crippen LogP contribution in [0.25, 0.3) is 0 Å². The van der Waals surface area contributed by atoms with Gasteiger partial charge in [0.2, 0.25) is 5.91 Å². The highest BCUT2D eigenvalue weighted by Gasteiger charge is 2.46. The van der Waals surface area contributed by atoms with Gasteiger partial charge in [-0.25, -0.2) is 8.42 Å². The van der Waals surface area contributed by atoms with Crippen molar-refractivity contribution in [3.8, 4) is 11.5 Å². The Morgan fingerprint density at radius 2 is 1.95 bits per heavy atom. The van der Waals surface area contributed by atoms with Gasteiger partial charge in [0.05, 0.1) is 31.1 Å². The molecule has 0 aromatic heterocycles. The molecule has 2 fully saturated rings. The van der Waals surface area contributed by atoms with E-state index in [0.717, 1.165) is 31.2 Å². The van der Waals surface area contributed by atoms with Crippen molar-refractivity contribution in [2.75, 3.05) is 18.4 Å². The predicted molar refractivity (Wildman–Crippen MR) is 137 cm³/mol. The lowest BCUT2D eigenvalue weighted by molar-refractivity contribution is -0.142. The molecule has 2 heterocycles. The number of ether oxygens (including phenoxy) is 3. The van der Waals surface area contributed by atoms with Crippen LogP contribution >= 0.6 is 0 Å². The molecule has 200 valence electrons. The number of methoxy groups -OCH3 is 1. The van der Waals surface area contributed by atoms with Crippen molar-refractivity contribution in [1.29, 1.82) is 0 Å². The van der Waals surface area contributed by atoms with Gasteiger partial charge in [-0.3, -0.25) is 9.52 Å². The van der Waals surface area contributed by atoms with Crippen LogP contribution in [0.5, 0.6) is 11.5 Å². The van der Waals surface area contributed by atoms with E-state index in [-0.39, 0.29) is 41.9 Å². The molecule has 0 bridgehead atoms. The van der Waals surface area contributed by atoms with E-state index in [0.29, 0.717) is 23.6 Å². The van der Waals surface area contributed by atoms with Crippen LogP contribution in [0.1, 0.15) is 56.4 Å². The van der Waals surface area contributed by atoms with Gasteiger partial charge in [-0.2, -0.15) is 0 Å². The molecule has 3 N–H and O–H groups in total. The minimum atomic E-state index is -3.84. The van der Waals surface area contributed by atoms with E-state index in [1.165, 1.54) is 25.7 Å². The molecule has 37 heavy (non-hydrogen) atoms. The summed E-state index contributed by atoms with van der Waals surface area (Å²) in [6.45, 7) is -0.231. The number of carbonyl (C=O) groups is 1. The zero-order valence-electron chi connectivity index (χ0n) is 20.9. The standard InChI is InChI=1S/C27H34N2O7S/c1-34-19-8-5-9-21(13-19)37(32,33)29-18-10-11-24-22(12-18)23-14-20(35-25(16-30)27(23)36-24)15-26(31)28-17-6-3-2-4-7-17/h5,8-13,17,20,23,25,27,29-30H,2-4,6-7,14-16H2,1H3,(H,28,31)/t20-,23-,25+,27+/m0/s1. The van der Waals surface area contributed by atoms with Gasteiger partial charge in [0.25, 0.3) is 10.0 Å². The monoisotopic (exact) mass is 530 g/mol. The summed E-state index contributed by atoms with van der Waals surface area (Å²) in [5, 5.41) is 13.1. The Morgan fingerprint density at radius 3 is 2.70 bits per heavy atom. The van der Waals surface area contributed by atoms with Gasteiger partial charge in [-0.1, -0.05) is 25.3 Å². The molecule has 1 saturated carbocycles. The van der Waals surface area contributed by atoms with Crippen LogP contribution in [0.2, 0.25) is 0 Å². The molecule has 1 saturated heterocycles. The molecule has 2 aliphatic heterocycles. The third-order valence-corrected chi connectivity index (χ3v) is 8.87. The first kappa shape index (κ1) is 25.8. The predicted octanol–water partition coefficient (Wildman–Crippen LogP) is 3.33. The van der Waals surface area contributed by atoms with E-state index in [9.17, 15) is 18.3 Å². The lowest BCUT2D eigenvalue weighted by atomic mass is 9.84. The Kier molecular flexibility index (Phi) is 7.60. The minimum Gasteiger partial charge on any atom is -0.497 e. The number of nitrogens with one attached hydrogen (secondary N) is 2. The summed E-state index contributed by atoms with van der Waals surface area (Å²) < 4.78 is 46.0. The summed E-state index contributed by atoms with van der Waals surface area (Å²) in [4.78, 5) is 12.8. The summed E-state index contributed by atoms with van der Waals surface area (Å²) in [7, 11) is -2.35. The van der Waals surface area contributed by atoms with E-state index in [1.54, 1.807) is 30.3 Å². The molecule has 10 heteroatoms. The van der Waals surface area contributed by atoms with E-state index < -0.39 is 22.2 Å². The Labute approximate surface area is 217 Å². The summed E-state index contributed by atoms with van der Waals surface area (Å²) in [6, 6.07) is 11.6. The molecule has 2 aromatic carbocycles. The SMILES string of the molecule is COc1cccc(S(=O)(=O)Nc2ccc3c(c2)[C@@H]2C[C@@H](CC(=O)NC4CCCCC4)O[C@H](CO)[C@@H]2O3)c1. The smallest absolute Gasteiger partial charge is 0.262 e. The molecule has 0 radical (unpaired) electrons. The zero-order valence-corrected chi connectivity index (χ0v) is 21.7. The van der Waals surface area contributed by atoms with Crippen molar-refractivity contribution in [3.63, 3.8) is 0 Å². The summed E-state index contributed by atoms with van der Waals surface area (Å²) in [6.07, 6.45) is 4.93. The third-order valence-electron chi connectivity index (χ3n) is 7.49. The number of sulfonamides is 1. The lowest BCUT2D eigenvalue weighted by Crippen LogP contribution is -2.48. The fourth-order valence-electron chi connectivity index (χ4n) is 5.68. The van der Waals surface area contributed by atoms with Crippen molar-refractivity contribution in [2.24, 2.45) is 0 Å². The molecule has 4 atom stereocenters. The number of amides is 1. The molecule has 1 aliphatic carbocycles. The molecular weight excluding hydrogens is 496 g/mol. The second kappa shape index (κ2) is 10.9. The van der Waals surface area contributed by atoms with Gasteiger partial charge < -0.3 is 24.6 Å². The molecule has 0 spiro atoms. The summed E-state index contributed by atoms with van der Waals surface area (Å²) >= 11 is 0. The Bertz CT molecular complexity index is 1230. The zero-order chi connectivity index (χ0) is 26.0. The van der Waals surface area contributed by atoms with E-state index in [4.69, 9.17) is 14.2 Å². The second-order valence-corrected chi connectivity index (χ2v) is 11.7. The van der Waals surface area contributed by atoms with Crippen LogP contribution in [0.15, 0.2) is 47.4 Å². The topological polar surface area (TPSA) is 123 Å². The first-order chi connectivity index (χ1) is 17.9. The fourth-order valence-corrected chi connectivity index (χ4v) is 6.76.